The Labute approximate surface area is 87.9 Å². The van der Waals surface area contributed by atoms with Crippen LogP contribution in [0.2, 0.25) is 0 Å². The highest BCUT2D eigenvalue weighted by Crippen LogP contribution is 2.24. The normalized spacial score (nSPS) is 11.7. The predicted octanol–water partition coefficient (Wildman–Crippen LogP) is 1.56. The lowest BCUT2D eigenvalue weighted by molar-refractivity contribution is 0.587. The minimum Gasteiger partial charge on any atom is -0.264 e. The van der Waals surface area contributed by atoms with Crippen molar-refractivity contribution in [3.05, 3.63) is 24.0 Å². The monoisotopic (exact) mass is 203 g/mol. The van der Waals surface area contributed by atoms with Crippen LogP contribution in [0.1, 0.15) is 26.3 Å². The first-order chi connectivity index (χ1) is 7.07. The van der Waals surface area contributed by atoms with Gasteiger partial charge >= 0.3 is 0 Å². The van der Waals surface area contributed by atoms with E-state index >= 15 is 0 Å². The standard InChI is InChI=1S/C10H13N5/c1-10(2,3)8-4-7(5-11-6-8)9-12-14-15-13-9/h4-6H,1-3H3,(H,12,13,14,15). The Bertz CT molecular complexity index is 441. The Balaban J connectivity index is 2.44. The summed E-state index contributed by atoms with van der Waals surface area (Å²) < 4.78 is 0. The number of H-pyrrole nitrogens is 1. The number of hydrogen-bond donors (Lipinski definition) is 1. The molecule has 0 aromatic carbocycles. The molecule has 2 rings (SSSR count). The van der Waals surface area contributed by atoms with E-state index in [4.69, 9.17) is 0 Å². The summed E-state index contributed by atoms with van der Waals surface area (Å²) in [5.41, 5.74) is 2.12. The third-order valence-corrected chi connectivity index (χ3v) is 2.21. The Hall–Kier alpha value is -1.78. The Morgan fingerprint density at radius 3 is 2.60 bits per heavy atom. The van der Waals surface area contributed by atoms with Crippen molar-refractivity contribution in [1.29, 1.82) is 0 Å². The van der Waals surface area contributed by atoms with E-state index in [0.29, 0.717) is 5.82 Å². The lowest BCUT2D eigenvalue weighted by Gasteiger charge is -2.18. The van der Waals surface area contributed by atoms with Gasteiger partial charge in [0, 0.05) is 18.0 Å². The van der Waals surface area contributed by atoms with Gasteiger partial charge in [0.25, 0.3) is 0 Å². The molecule has 5 nitrogen and oxygen atoms in total. The van der Waals surface area contributed by atoms with E-state index in [-0.39, 0.29) is 5.41 Å². The van der Waals surface area contributed by atoms with E-state index in [1.807, 2.05) is 12.3 Å². The molecular formula is C10H13N5. The van der Waals surface area contributed by atoms with Crippen LogP contribution in [0.4, 0.5) is 0 Å². The summed E-state index contributed by atoms with van der Waals surface area (Å²) in [4.78, 5) is 4.19. The van der Waals surface area contributed by atoms with Gasteiger partial charge in [-0.25, -0.2) is 0 Å². The predicted molar refractivity (Wildman–Crippen MR) is 56.1 cm³/mol. The molecule has 2 aromatic heterocycles. The smallest absolute Gasteiger partial charge is 0.206 e. The summed E-state index contributed by atoms with van der Waals surface area (Å²) in [5, 5.41) is 13.8. The van der Waals surface area contributed by atoms with Gasteiger partial charge in [-0.3, -0.25) is 4.98 Å². The number of tetrazole rings is 1. The molecule has 0 spiro atoms. The number of nitrogens with one attached hydrogen (secondary N) is 1. The molecule has 78 valence electrons. The second-order valence-corrected chi connectivity index (χ2v) is 4.45. The van der Waals surface area contributed by atoms with Crippen molar-refractivity contribution in [2.45, 2.75) is 26.2 Å². The average molecular weight is 203 g/mol. The Kier molecular flexibility index (Phi) is 2.22. The van der Waals surface area contributed by atoms with Crippen molar-refractivity contribution in [1.82, 2.24) is 25.6 Å². The highest BCUT2D eigenvalue weighted by atomic mass is 15.5. The first-order valence-corrected chi connectivity index (χ1v) is 4.77. The summed E-state index contributed by atoms with van der Waals surface area (Å²) in [7, 11) is 0. The number of hydrogen-bond acceptors (Lipinski definition) is 4. The number of pyridine rings is 1. The average Bonchev–Trinajstić information content (AvgIpc) is 2.69. The zero-order valence-corrected chi connectivity index (χ0v) is 9.02. The molecule has 0 amide bonds. The molecule has 15 heavy (non-hydrogen) atoms. The van der Waals surface area contributed by atoms with E-state index < -0.39 is 0 Å². The van der Waals surface area contributed by atoms with E-state index in [2.05, 4.69) is 46.4 Å². The van der Waals surface area contributed by atoms with Gasteiger partial charge in [0.15, 0.2) is 0 Å². The number of aromatic amines is 1. The summed E-state index contributed by atoms with van der Waals surface area (Å²) in [6, 6.07) is 2.04. The molecule has 1 N–H and O–H groups in total. The van der Waals surface area contributed by atoms with E-state index in [9.17, 15) is 0 Å². The first kappa shape index (κ1) is 9.76. The number of aromatic nitrogens is 5. The quantitative estimate of drug-likeness (QED) is 0.763. The third kappa shape index (κ3) is 2.01. The zero-order valence-electron chi connectivity index (χ0n) is 9.02. The molecule has 0 bridgehead atoms. The first-order valence-electron chi connectivity index (χ1n) is 4.77. The molecule has 2 heterocycles. The fourth-order valence-electron chi connectivity index (χ4n) is 1.26. The fraction of sp³-hybridized carbons (Fsp3) is 0.400. The Morgan fingerprint density at radius 2 is 2.00 bits per heavy atom. The van der Waals surface area contributed by atoms with Gasteiger partial charge < -0.3 is 0 Å². The molecule has 0 atom stereocenters. The van der Waals surface area contributed by atoms with Crippen LogP contribution in [0.3, 0.4) is 0 Å². The minimum atomic E-state index is 0.0761. The molecule has 0 aliphatic carbocycles. The lowest BCUT2D eigenvalue weighted by Crippen LogP contribution is -2.11. The molecule has 0 unspecified atom stereocenters. The highest BCUT2D eigenvalue weighted by molar-refractivity contribution is 5.53. The van der Waals surface area contributed by atoms with Crippen LogP contribution in [0.5, 0.6) is 0 Å². The van der Waals surface area contributed by atoms with Crippen LogP contribution in [0, 0.1) is 0 Å². The van der Waals surface area contributed by atoms with Gasteiger partial charge in [-0.1, -0.05) is 20.8 Å². The van der Waals surface area contributed by atoms with Crippen LogP contribution < -0.4 is 0 Å². The van der Waals surface area contributed by atoms with E-state index in [1.165, 1.54) is 0 Å². The van der Waals surface area contributed by atoms with Crippen molar-refractivity contribution < 1.29 is 0 Å². The topological polar surface area (TPSA) is 67.3 Å². The van der Waals surface area contributed by atoms with Crippen molar-refractivity contribution in [2.75, 3.05) is 0 Å². The number of rotatable bonds is 1. The van der Waals surface area contributed by atoms with Crippen molar-refractivity contribution in [3.63, 3.8) is 0 Å². The maximum absolute atomic E-state index is 4.19. The maximum atomic E-state index is 4.19. The molecule has 0 aliphatic rings. The van der Waals surface area contributed by atoms with Crippen molar-refractivity contribution in [3.8, 4) is 11.4 Å². The highest BCUT2D eigenvalue weighted by Gasteiger charge is 2.15. The van der Waals surface area contributed by atoms with Gasteiger partial charge in [0.05, 0.1) is 0 Å². The molecule has 0 radical (unpaired) electrons. The summed E-state index contributed by atoms with van der Waals surface area (Å²) >= 11 is 0. The third-order valence-electron chi connectivity index (χ3n) is 2.21. The van der Waals surface area contributed by atoms with Crippen LogP contribution in [0.15, 0.2) is 18.5 Å². The molecule has 5 heteroatoms. The molecule has 0 saturated heterocycles. The minimum absolute atomic E-state index is 0.0761. The second-order valence-electron chi connectivity index (χ2n) is 4.45. The summed E-state index contributed by atoms with van der Waals surface area (Å²) in [6.45, 7) is 6.43. The van der Waals surface area contributed by atoms with Gasteiger partial charge in [-0.2, -0.15) is 5.21 Å². The molecule has 0 aliphatic heterocycles. The second kappa shape index (κ2) is 3.42. The zero-order chi connectivity index (χ0) is 10.9. The molecule has 0 saturated carbocycles. The van der Waals surface area contributed by atoms with Crippen molar-refractivity contribution >= 4 is 0 Å². The number of nitrogens with zero attached hydrogens (tertiary/aromatic N) is 4. The van der Waals surface area contributed by atoms with Crippen LogP contribution >= 0.6 is 0 Å². The van der Waals surface area contributed by atoms with Crippen LogP contribution in [0.25, 0.3) is 11.4 Å². The van der Waals surface area contributed by atoms with Crippen molar-refractivity contribution in [2.24, 2.45) is 0 Å². The van der Waals surface area contributed by atoms with Crippen LogP contribution in [-0.2, 0) is 5.41 Å². The summed E-state index contributed by atoms with van der Waals surface area (Å²) in [6.07, 6.45) is 3.60. The van der Waals surface area contributed by atoms with Gasteiger partial charge in [0.2, 0.25) is 5.82 Å². The van der Waals surface area contributed by atoms with Gasteiger partial charge in [0.1, 0.15) is 0 Å². The van der Waals surface area contributed by atoms with Gasteiger partial charge in [-0.05, 0) is 22.3 Å². The largest absolute Gasteiger partial charge is 0.264 e. The van der Waals surface area contributed by atoms with E-state index in [0.717, 1.165) is 11.1 Å². The van der Waals surface area contributed by atoms with Gasteiger partial charge in [-0.15, -0.1) is 10.2 Å². The molecule has 2 aromatic rings. The lowest BCUT2D eigenvalue weighted by atomic mass is 9.87. The maximum Gasteiger partial charge on any atom is 0.206 e. The van der Waals surface area contributed by atoms with Crippen LogP contribution in [-0.4, -0.2) is 25.6 Å². The molecule has 0 fully saturated rings. The molecular weight excluding hydrogens is 190 g/mol. The Morgan fingerprint density at radius 1 is 1.20 bits per heavy atom. The SMILES string of the molecule is CC(C)(C)c1cncc(-c2nn[nH]n2)c1. The van der Waals surface area contributed by atoms with E-state index in [1.54, 1.807) is 6.20 Å². The fourth-order valence-corrected chi connectivity index (χ4v) is 1.26. The summed E-state index contributed by atoms with van der Waals surface area (Å²) in [5.74, 6) is 0.577.